The molecule has 16 heavy (non-hydrogen) atoms. The molecule has 84 valence electrons. The molecule has 4 nitrogen and oxygen atoms in total. The zero-order valence-corrected chi connectivity index (χ0v) is 9.98. The van der Waals surface area contributed by atoms with Crippen LogP contribution in [0.3, 0.4) is 0 Å². The first kappa shape index (κ1) is 11.2. The van der Waals surface area contributed by atoms with Gasteiger partial charge in [0.25, 0.3) is 0 Å². The number of carboxylic acids is 1. The highest BCUT2D eigenvalue weighted by molar-refractivity contribution is 9.10. The van der Waals surface area contributed by atoms with Crippen molar-refractivity contribution in [3.05, 3.63) is 34.0 Å². The average molecular weight is 285 g/mol. The second-order valence-electron chi connectivity index (χ2n) is 3.43. The smallest absolute Gasteiger partial charge is 0.337 e. The predicted octanol–water partition coefficient (Wildman–Crippen LogP) is 2.62. The van der Waals surface area contributed by atoms with Crippen LogP contribution in [-0.4, -0.2) is 16.2 Å². The molecule has 0 fully saturated rings. The summed E-state index contributed by atoms with van der Waals surface area (Å²) in [5, 5.41) is 19.0. The number of hydrogen-bond donors (Lipinski definition) is 2. The molecule has 2 aromatic rings. The first-order chi connectivity index (χ1) is 7.52. The predicted molar refractivity (Wildman–Crippen MR) is 61.2 cm³/mol. The van der Waals surface area contributed by atoms with Gasteiger partial charge in [0.2, 0.25) is 0 Å². The van der Waals surface area contributed by atoms with Crippen LogP contribution in [0.25, 0.3) is 11.0 Å². The van der Waals surface area contributed by atoms with Gasteiger partial charge in [-0.1, -0.05) is 22.0 Å². The summed E-state index contributed by atoms with van der Waals surface area (Å²) in [6, 6.07) is 5.28. The highest BCUT2D eigenvalue weighted by atomic mass is 79.9. The van der Waals surface area contributed by atoms with E-state index in [2.05, 4.69) is 15.9 Å². The van der Waals surface area contributed by atoms with Crippen molar-refractivity contribution in [1.82, 2.24) is 0 Å². The quantitative estimate of drug-likeness (QED) is 0.889. The van der Waals surface area contributed by atoms with Gasteiger partial charge in [0.05, 0.1) is 0 Å². The number of rotatable bonds is 2. The van der Waals surface area contributed by atoms with E-state index in [-0.39, 0.29) is 0 Å². The molecule has 2 N–H and O–H groups in total. The molecular weight excluding hydrogens is 276 g/mol. The fourth-order valence-electron chi connectivity index (χ4n) is 1.70. The first-order valence-electron chi connectivity index (χ1n) is 4.60. The number of benzene rings is 1. The summed E-state index contributed by atoms with van der Waals surface area (Å²) in [5.74, 6) is -0.877. The third-order valence-electron chi connectivity index (χ3n) is 2.39. The molecule has 1 aromatic heterocycles. The molecule has 5 heteroatoms. The Bertz CT molecular complexity index is 558. The van der Waals surface area contributed by atoms with E-state index in [0.717, 1.165) is 0 Å². The van der Waals surface area contributed by atoms with E-state index in [1.54, 1.807) is 25.1 Å². The molecule has 1 heterocycles. The van der Waals surface area contributed by atoms with Crippen LogP contribution in [0.1, 0.15) is 17.4 Å². The highest BCUT2D eigenvalue weighted by Gasteiger charge is 2.25. The standard InChI is InChI=1S/C11H9BrO4/c1-5-8(10(13)11(14)15)9-6(12)3-2-4-7(9)16-5/h2-4,10,13H,1H3,(H,14,15). The molecule has 0 aliphatic heterocycles. The van der Waals surface area contributed by atoms with E-state index in [1.807, 2.05) is 0 Å². The summed E-state index contributed by atoms with van der Waals surface area (Å²) in [4.78, 5) is 10.8. The summed E-state index contributed by atoms with van der Waals surface area (Å²) in [7, 11) is 0. The molecule has 2 rings (SSSR count). The molecule has 0 saturated heterocycles. The fraction of sp³-hybridized carbons (Fsp3) is 0.182. The number of aliphatic hydroxyl groups excluding tert-OH is 1. The molecule has 0 bridgehead atoms. The Kier molecular flexibility index (Phi) is 2.73. The number of fused-ring (bicyclic) bond motifs is 1. The molecule has 1 atom stereocenters. The van der Waals surface area contributed by atoms with Crippen molar-refractivity contribution in [3.8, 4) is 0 Å². The first-order valence-corrected chi connectivity index (χ1v) is 5.40. The Morgan fingerprint density at radius 2 is 2.19 bits per heavy atom. The van der Waals surface area contributed by atoms with Gasteiger partial charge in [-0.15, -0.1) is 0 Å². The maximum absolute atomic E-state index is 10.8. The number of furan rings is 1. The van der Waals surface area contributed by atoms with Gasteiger partial charge in [-0.25, -0.2) is 4.79 Å². The minimum atomic E-state index is -1.57. The minimum absolute atomic E-state index is 0.301. The fourth-order valence-corrected chi connectivity index (χ4v) is 2.26. The van der Waals surface area contributed by atoms with E-state index in [1.165, 1.54) is 0 Å². The lowest BCUT2D eigenvalue weighted by Gasteiger charge is -2.05. The lowest BCUT2D eigenvalue weighted by Crippen LogP contribution is -2.11. The third-order valence-corrected chi connectivity index (χ3v) is 3.06. The topological polar surface area (TPSA) is 70.7 Å². The second-order valence-corrected chi connectivity index (χ2v) is 4.28. The van der Waals surface area contributed by atoms with Gasteiger partial charge in [-0.2, -0.15) is 0 Å². The molecule has 1 unspecified atom stereocenters. The van der Waals surface area contributed by atoms with Crippen molar-refractivity contribution >= 4 is 32.9 Å². The van der Waals surface area contributed by atoms with Crippen molar-refractivity contribution in [2.75, 3.05) is 0 Å². The summed E-state index contributed by atoms with van der Waals surface area (Å²) in [6.45, 7) is 1.63. The van der Waals surface area contributed by atoms with Crippen LogP contribution < -0.4 is 0 Å². The SMILES string of the molecule is Cc1oc2cccc(Br)c2c1C(O)C(=O)O. The van der Waals surface area contributed by atoms with E-state index >= 15 is 0 Å². The van der Waals surface area contributed by atoms with E-state index in [0.29, 0.717) is 26.8 Å². The van der Waals surface area contributed by atoms with Crippen molar-refractivity contribution < 1.29 is 19.4 Å². The van der Waals surface area contributed by atoms with Crippen LogP contribution >= 0.6 is 15.9 Å². The Morgan fingerprint density at radius 3 is 2.81 bits per heavy atom. The molecule has 1 aromatic carbocycles. The number of aryl methyl sites for hydroxylation is 1. The zero-order valence-electron chi connectivity index (χ0n) is 8.40. The molecule has 0 aliphatic carbocycles. The summed E-state index contributed by atoms with van der Waals surface area (Å²) >= 11 is 3.31. The second kappa shape index (κ2) is 3.92. The van der Waals surface area contributed by atoms with Crippen molar-refractivity contribution in [2.24, 2.45) is 0 Å². The molecule has 0 saturated carbocycles. The van der Waals surface area contributed by atoms with Crippen LogP contribution in [0.2, 0.25) is 0 Å². The van der Waals surface area contributed by atoms with Crippen LogP contribution in [0.15, 0.2) is 27.1 Å². The number of carbonyl (C=O) groups is 1. The Morgan fingerprint density at radius 1 is 1.50 bits per heavy atom. The maximum atomic E-state index is 10.8. The summed E-state index contributed by atoms with van der Waals surface area (Å²) in [5.41, 5.74) is 0.858. The van der Waals surface area contributed by atoms with Gasteiger partial charge >= 0.3 is 5.97 Å². The Hall–Kier alpha value is -1.33. The lowest BCUT2D eigenvalue weighted by atomic mass is 10.1. The van der Waals surface area contributed by atoms with E-state index in [9.17, 15) is 9.90 Å². The maximum Gasteiger partial charge on any atom is 0.337 e. The third kappa shape index (κ3) is 1.62. The number of aliphatic carboxylic acids is 1. The Labute approximate surface area is 99.6 Å². The molecule has 0 amide bonds. The van der Waals surface area contributed by atoms with E-state index in [4.69, 9.17) is 9.52 Å². The monoisotopic (exact) mass is 284 g/mol. The minimum Gasteiger partial charge on any atom is -0.479 e. The van der Waals surface area contributed by atoms with Gasteiger partial charge < -0.3 is 14.6 Å². The normalized spacial score (nSPS) is 12.9. The van der Waals surface area contributed by atoms with Gasteiger partial charge in [0, 0.05) is 15.4 Å². The summed E-state index contributed by atoms with van der Waals surface area (Å²) in [6.07, 6.45) is -1.57. The zero-order chi connectivity index (χ0) is 11.9. The van der Waals surface area contributed by atoms with Crippen molar-refractivity contribution in [1.29, 1.82) is 0 Å². The van der Waals surface area contributed by atoms with Gasteiger partial charge in [0.1, 0.15) is 11.3 Å². The summed E-state index contributed by atoms with van der Waals surface area (Å²) < 4.78 is 6.10. The number of hydrogen-bond acceptors (Lipinski definition) is 3. The van der Waals surface area contributed by atoms with Gasteiger partial charge in [0.15, 0.2) is 6.10 Å². The van der Waals surface area contributed by atoms with Crippen molar-refractivity contribution in [2.45, 2.75) is 13.0 Å². The highest BCUT2D eigenvalue weighted by Crippen LogP contribution is 2.35. The number of carboxylic acid groups (broad SMARTS) is 1. The van der Waals surface area contributed by atoms with E-state index < -0.39 is 12.1 Å². The molecule has 0 spiro atoms. The average Bonchev–Trinajstić information content (AvgIpc) is 2.54. The van der Waals surface area contributed by atoms with Gasteiger partial charge in [-0.05, 0) is 19.1 Å². The Balaban J connectivity index is 2.77. The van der Waals surface area contributed by atoms with Crippen LogP contribution in [-0.2, 0) is 4.79 Å². The lowest BCUT2D eigenvalue weighted by molar-refractivity contribution is -0.146. The van der Waals surface area contributed by atoms with Crippen LogP contribution in [0.4, 0.5) is 0 Å². The van der Waals surface area contributed by atoms with Crippen LogP contribution in [0, 0.1) is 6.92 Å². The number of aliphatic hydroxyl groups is 1. The van der Waals surface area contributed by atoms with Crippen LogP contribution in [0.5, 0.6) is 0 Å². The molecule has 0 radical (unpaired) electrons. The van der Waals surface area contributed by atoms with Crippen molar-refractivity contribution in [3.63, 3.8) is 0 Å². The molecule has 0 aliphatic rings. The molecular formula is C11H9BrO4. The number of halogens is 1. The largest absolute Gasteiger partial charge is 0.479 e. The van der Waals surface area contributed by atoms with Gasteiger partial charge in [-0.3, -0.25) is 0 Å².